The van der Waals surface area contributed by atoms with Gasteiger partial charge >= 0.3 is 5.97 Å². The number of anilines is 1. The normalized spacial score (nSPS) is 13.6. The first-order chi connectivity index (χ1) is 15.9. The molecule has 0 fully saturated rings. The van der Waals surface area contributed by atoms with Gasteiger partial charge in [0.2, 0.25) is 0 Å². The molecule has 0 saturated carbocycles. The molecule has 1 N–H and O–H groups in total. The molecule has 1 atom stereocenters. The highest BCUT2D eigenvalue weighted by Gasteiger charge is 2.35. The van der Waals surface area contributed by atoms with Gasteiger partial charge in [0.15, 0.2) is 11.9 Å². The Morgan fingerprint density at radius 2 is 1.76 bits per heavy atom. The predicted octanol–water partition coefficient (Wildman–Crippen LogP) is 3.35. The summed E-state index contributed by atoms with van der Waals surface area (Å²) in [5.41, 5.74) is 1.50. The van der Waals surface area contributed by atoms with Crippen LogP contribution in [0.15, 0.2) is 59.1 Å². The molecule has 9 heteroatoms. The number of hydrogen-bond acceptors (Lipinski definition) is 7. The smallest absolute Gasteiger partial charge is 0.338 e. The molecule has 0 spiro atoms. The van der Waals surface area contributed by atoms with Crippen LogP contribution >= 0.6 is 0 Å². The second-order valence-electron chi connectivity index (χ2n) is 7.56. The van der Waals surface area contributed by atoms with Gasteiger partial charge in [0.1, 0.15) is 5.76 Å². The predicted molar refractivity (Wildman–Crippen MR) is 116 cm³/mol. The third kappa shape index (κ3) is 4.52. The van der Waals surface area contributed by atoms with E-state index in [-0.39, 0.29) is 36.2 Å². The summed E-state index contributed by atoms with van der Waals surface area (Å²) in [4.78, 5) is 51.5. The van der Waals surface area contributed by atoms with Gasteiger partial charge in [-0.25, -0.2) is 4.79 Å². The summed E-state index contributed by atoms with van der Waals surface area (Å²) in [6.07, 6.45) is -0.780. The van der Waals surface area contributed by atoms with E-state index in [0.29, 0.717) is 22.5 Å². The van der Waals surface area contributed by atoms with Crippen LogP contribution in [0.4, 0.5) is 5.82 Å². The summed E-state index contributed by atoms with van der Waals surface area (Å²) in [5.74, 6) is -1.22. The quantitative estimate of drug-likeness (QED) is 0.436. The second kappa shape index (κ2) is 9.07. The van der Waals surface area contributed by atoms with Gasteiger partial charge in [-0.05, 0) is 43.2 Å². The van der Waals surface area contributed by atoms with Crippen LogP contribution in [0.2, 0.25) is 0 Å². The van der Waals surface area contributed by atoms with E-state index in [9.17, 15) is 19.2 Å². The molecule has 0 bridgehead atoms. The molecule has 1 aliphatic rings. The number of ether oxygens (including phenoxy) is 1. The number of carbonyl (C=O) groups is 4. The molecular formula is C24H21N3O6. The first-order valence-electron chi connectivity index (χ1n) is 10.4. The molecule has 1 aliphatic heterocycles. The van der Waals surface area contributed by atoms with E-state index >= 15 is 0 Å². The third-order valence-corrected chi connectivity index (χ3v) is 5.17. The van der Waals surface area contributed by atoms with Crippen molar-refractivity contribution in [2.45, 2.75) is 32.9 Å². The number of nitrogens with zero attached hydrogens (tertiary/aromatic N) is 2. The van der Waals surface area contributed by atoms with E-state index < -0.39 is 18.0 Å². The summed E-state index contributed by atoms with van der Waals surface area (Å²) in [7, 11) is 0. The maximum atomic E-state index is 12.7. The van der Waals surface area contributed by atoms with Gasteiger partial charge in [-0.3, -0.25) is 19.3 Å². The van der Waals surface area contributed by atoms with E-state index in [4.69, 9.17) is 9.26 Å². The molecule has 9 nitrogen and oxygen atoms in total. The Bertz CT molecular complexity index is 1210. The topological polar surface area (TPSA) is 119 Å². The van der Waals surface area contributed by atoms with E-state index in [1.807, 2.05) is 0 Å². The maximum Gasteiger partial charge on any atom is 0.338 e. The number of hydrogen-bond donors (Lipinski definition) is 1. The Labute approximate surface area is 189 Å². The molecule has 33 heavy (non-hydrogen) atoms. The van der Waals surface area contributed by atoms with Crippen molar-refractivity contribution in [3.05, 3.63) is 82.6 Å². The Kier molecular flexibility index (Phi) is 6.03. The number of imide groups is 1. The van der Waals surface area contributed by atoms with Crippen molar-refractivity contribution < 1.29 is 28.4 Å². The number of nitrogens with one attached hydrogen (secondary N) is 1. The van der Waals surface area contributed by atoms with Crippen LogP contribution in [-0.2, 0) is 16.1 Å². The number of fused-ring (bicyclic) bond motifs is 1. The summed E-state index contributed by atoms with van der Waals surface area (Å²) in [6.45, 7) is 3.41. The first-order valence-corrected chi connectivity index (χ1v) is 10.4. The van der Waals surface area contributed by atoms with Crippen molar-refractivity contribution in [3.63, 3.8) is 0 Å². The van der Waals surface area contributed by atoms with Gasteiger partial charge in [0.25, 0.3) is 17.7 Å². The Hall–Kier alpha value is -4.27. The monoisotopic (exact) mass is 447 g/mol. The van der Waals surface area contributed by atoms with E-state index in [2.05, 4.69) is 10.5 Å². The molecule has 0 saturated heterocycles. The number of amides is 3. The fraction of sp³-hybridized carbons (Fsp3) is 0.208. The maximum absolute atomic E-state index is 12.7. The van der Waals surface area contributed by atoms with Crippen LogP contribution in [0.5, 0.6) is 0 Å². The lowest BCUT2D eigenvalue weighted by atomic mass is 10.1. The SMILES string of the molecule is CCC(OC(=O)c1cccc(CN2C(=O)c3ccccc3C2=O)c1)C(=O)Nc1cc(C)on1. The van der Waals surface area contributed by atoms with Crippen molar-refractivity contribution in [2.75, 3.05) is 5.32 Å². The van der Waals surface area contributed by atoms with Crippen LogP contribution in [0.1, 0.15) is 55.7 Å². The largest absolute Gasteiger partial charge is 0.449 e. The van der Waals surface area contributed by atoms with Crippen LogP contribution in [0.3, 0.4) is 0 Å². The Balaban J connectivity index is 1.44. The highest BCUT2D eigenvalue weighted by molar-refractivity contribution is 6.21. The fourth-order valence-electron chi connectivity index (χ4n) is 3.51. The van der Waals surface area contributed by atoms with Gasteiger partial charge in [-0.15, -0.1) is 0 Å². The molecular weight excluding hydrogens is 426 g/mol. The highest BCUT2D eigenvalue weighted by Crippen LogP contribution is 2.24. The molecule has 3 aromatic rings. The molecule has 1 aromatic heterocycles. The molecule has 0 aliphatic carbocycles. The first kappa shape index (κ1) is 21.9. The molecule has 168 valence electrons. The molecule has 3 amide bonds. The number of esters is 1. The van der Waals surface area contributed by atoms with Crippen LogP contribution in [0, 0.1) is 6.92 Å². The number of benzene rings is 2. The number of aryl methyl sites for hydroxylation is 1. The summed E-state index contributed by atoms with van der Waals surface area (Å²) in [5, 5.41) is 6.24. The number of aromatic nitrogens is 1. The molecule has 1 unspecified atom stereocenters. The summed E-state index contributed by atoms with van der Waals surface area (Å²) in [6, 6.07) is 14.6. The van der Waals surface area contributed by atoms with Crippen molar-refractivity contribution in [1.82, 2.24) is 10.1 Å². The van der Waals surface area contributed by atoms with Gasteiger partial charge in [0, 0.05) is 6.07 Å². The minimum Gasteiger partial charge on any atom is -0.449 e. The van der Waals surface area contributed by atoms with E-state index in [1.54, 1.807) is 62.4 Å². The van der Waals surface area contributed by atoms with Crippen molar-refractivity contribution in [3.8, 4) is 0 Å². The van der Waals surface area contributed by atoms with Crippen molar-refractivity contribution >= 4 is 29.5 Å². The lowest BCUT2D eigenvalue weighted by molar-refractivity contribution is -0.124. The third-order valence-electron chi connectivity index (χ3n) is 5.17. The molecule has 4 rings (SSSR count). The zero-order chi connectivity index (χ0) is 23.5. The van der Waals surface area contributed by atoms with Crippen LogP contribution < -0.4 is 5.32 Å². The zero-order valence-electron chi connectivity index (χ0n) is 18.0. The van der Waals surface area contributed by atoms with Gasteiger partial charge in [-0.2, -0.15) is 0 Å². The number of carbonyl (C=O) groups excluding carboxylic acids is 4. The van der Waals surface area contributed by atoms with Gasteiger partial charge in [-0.1, -0.05) is 36.3 Å². The molecule has 2 aromatic carbocycles. The van der Waals surface area contributed by atoms with Gasteiger partial charge < -0.3 is 14.6 Å². The van der Waals surface area contributed by atoms with E-state index in [0.717, 1.165) is 4.90 Å². The fourth-order valence-corrected chi connectivity index (χ4v) is 3.51. The minimum absolute atomic E-state index is 0.0106. The van der Waals surface area contributed by atoms with Crippen molar-refractivity contribution in [1.29, 1.82) is 0 Å². The average Bonchev–Trinajstić information content (AvgIpc) is 3.33. The lowest BCUT2D eigenvalue weighted by Crippen LogP contribution is -2.32. The Morgan fingerprint density at radius 1 is 1.06 bits per heavy atom. The van der Waals surface area contributed by atoms with Gasteiger partial charge in [0.05, 0.1) is 23.2 Å². The van der Waals surface area contributed by atoms with Crippen LogP contribution in [0.25, 0.3) is 0 Å². The number of rotatable bonds is 7. The summed E-state index contributed by atoms with van der Waals surface area (Å²) < 4.78 is 10.3. The second-order valence-corrected chi connectivity index (χ2v) is 7.56. The zero-order valence-corrected chi connectivity index (χ0v) is 18.0. The van der Waals surface area contributed by atoms with Crippen molar-refractivity contribution in [2.24, 2.45) is 0 Å². The average molecular weight is 447 g/mol. The molecule has 0 radical (unpaired) electrons. The summed E-state index contributed by atoms with van der Waals surface area (Å²) >= 11 is 0. The highest BCUT2D eigenvalue weighted by atomic mass is 16.5. The van der Waals surface area contributed by atoms with E-state index in [1.165, 1.54) is 6.07 Å². The molecule has 2 heterocycles. The Morgan fingerprint density at radius 3 is 2.36 bits per heavy atom. The van der Waals surface area contributed by atoms with Crippen LogP contribution in [-0.4, -0.2) is 39.9 Å². The minimum atomic E-state index is -1.03. The standard InChI is InChI=1S/C24H21N3O6/c1-3-19(21(28)25-20-11-14(2)33-26-20)32-24(31)16-8-6-7-15(12-16)13-27-22(29)17-9-4-5-10-18(17)23(27)30/h4-12,19H,3,13H2,1-2H3,(H,25,26,28). The lowest BCUT2D eigenvalue weighted by Gasteiger charge is -2.16.